The number of hydrogen-bond donors (Lipinski definition) is 4. The van der Waals surface area contributed by atoms with Crippen LogP contribution in [0.5, 0.6) is 0 Å². The Morgan fingerprint density at radius 2 is 1.93 bits per heavy atom. The van der Waals surface area contributed by atoms with Crippen molar-refractivity contribution in [3.63, 3.8) is 0 Å². The lowest BCUT2D eigenvalue weighted by atomic mass is 9.99. The van der Waals surface area contributed by atoms with Crippen molar-refractivity contribution in [1.82, 2.24) is 31.2 Å². The van der Waals surface area contributed by atoms with Gasteiger partial charge in [0.05, 0.1) is 24.3 Å². The Morgan fingerprint density at radius 1 is 1.11 bits per heavy atom. The summed E-state index contributed by atoms with van der Waals surface area (Å²) in [4.78, 5) is 30.8. The van der Waals surface area contributed by atoms with E-state index in [9.17, 15) is 9.59 Å². The van der Waals surface area contributed by atoms with Crippen LogP contribution in [0.1, 0.15) is 11.3 Å². The van der Waals surface area contributed by atoms with Crippen molar-refractivity contribution in [2.24, 2.45) is 5.92 Å². The highest BCUT2D eigenvalue weighted by Crippen LogP contribution is 2.18. The average Bonchev–Trinajstić information content (AvgIpc) is 2.71. The Kier molecular flexibility index (Phi) is 5.10. The Morgan fingerprint density at radius 3 is 2.70 bits per heavy atom. The zero-order chi connectivity index (χ0) is 18.6. The third-order valence-electron chi connectivity index (χ3n) is 4.79. The van der Waals surface area contributed by atoms with Crippen molar-refractivity contribution in [2.75, 3.05) is 6.54 Å². The summed E-state index contributed by atoms with van der Waals surface area (Å²) < 4.78 is 0. The van der Waals surface area contributed by atoms with Crippen LogP contribution in [0.3, 0.4) is 0 Å². The Labute approximate surface area is 157 Å². The Hall–Kier alpha value is -2.81. The molecule has 0 radical (unpaired) electrons. The van der Waals surface area contributed by atoms with Crippen LogP contribution in [0.4, 0.5) is 4.79 Å². The van der Waals surface area contributed by atoms with Crippen molar-refractivity contribution in [3.05, 3.63) is 66.0 Å². The maximum Gasteiger partial charge on any atom is 0.325 e. The average molecular weight is 366 g/mol. The number of rotatable bonds is 5. The third kappa shape index (κ3) is 3.97. The minimum atomic E-state index is -0.403. The van der Waals surface area contributed by atoms with E-state index in [-0.39, 0.29) is 30.7 Å². The molecule has 2 aliphatic rings. The number of imide groups is 1. The molecule has 3 amide bonds. The van der Waals surface area contributed by atoms with Crippen LogP contribution >= 0.6 is 0 Å². The van der Waals surface area contributed by atoms with E-state index >= 15 is 0 Å². The molecule has 2 aliphatic heterocycles. The van der Waals surface area contributed by atoms with E-state index in [1.165, 1.54) is 4.90 Å². The third-order valence-corrected chi connectivity index (χ3v) is 4.79. The first kappa shape index (κ1) is 17.6. The fraction of sp³-hybridized carbons (Fsp3) is 0.316. The molecule has 0 bridgehead atoms. The van der Waals surface area contributed by atoms with Crippen molar-refractivity contribution in [2.45, 2.75) is 25.5 Å². The van der Waals surface area contributed by atoms with E-state index in [2.05, 4.69) is 26.3 Å². The van der Waals surface area contributed by atoms with Gasteiger partial charge in [0, 0.05) is 19.3 Å². The van der Waals surface area contributed by atoms with Gasteiger partial charge in [0.1, 0.15) is 6.29 Å². The monoisotopic (exact) mass is 366 g/mol. The van der Waals surface area contributed by atoms with Crippen LogP contribution in [0, 0.1) is 5.92 Å². The fourth-order valence-electron chi connectivity index (χ4n) is 3.36. The summed E-state index contributed by atoms with van der Waals surface area (Å²) >= 11 is 0. The van der Waals surface area contributed by atoms with Crippen molar-refractivity contribution < 1.29 is 9.59 Å². The maximum absolute atomic E-state index is 12.8. The van der Waals surface area contributed by atoms with Crippen LogP contribution in [-0.4, -0.2) is 40.8 Å². The second-order valence-corrected chi connectivity index (χ2v) is 6.65. The number of amides is 3. The molecule has 2 fully saturated rings. The van der Waals surface area contributed by atoms with Gasteiger partial charge in [-0.25, -0.2) is 4.79 Å². The van der Waals surface area contributed by atoms with Gasteiger partial charge in [-0.05, 0) is 17.7 Å². The van der Waals surface area contributed by atoms with E-state index in [0.717, 1.165) is 11.3 Å². The van der Waals surface area contributed by atoms with E-state index in [0.29, 0.717) is 13.1 Å². The lowest BCUT2D eigenvalue weighted by Crippen LogP contribution is -2.74. The molecule has 0 saturated carbocycles. The number of carbonyl (C=O) groups is 2. The van der Waals surface area contributed by atoms with Crippen LogP contribution in [0.25, 0.3) is 0 Å². The van der Waals surface area contributed by atoms with Gasteiger partial charge in [-0.1, -0.05) is 36.4 Å². The van der Waals surface area contributed by atoms with Gasteiger partial charge in [-0.15, -0.1) is 0 Å². The van der Waals surface area contributed by atoms with Crippen LogP contribution in [-0.2, 0) is 17.9 Å². The molecule has 27 heavy (non-hydrogen) atoms. The van der Waals surface area contributed by atoms with Crippen molar-refractivity contribution in [3.8, 4) is 0 Å². The SMILES string of the molecule is O=C1NC2NC(NCc3ccccn3)NCC2C(=O)N1Cc1ccccc1. The molecule has 4 N–H and O–H groups in total. The minimum Gasteiger partial charge on any atom is -0.321 e. The molecule has 1 aromatic carbocycles. The van der Waals surface area contributed by atoms with Crippen LogP contribution in [0.15, 0.2) is 54.7 Å². The molecule has 2 saturated heterocycles. The molecule has 3 heterocycles. The molecule has 3 atom stereocenters. The largest absolute Gasteiger partial charge is 0.325 e. The number of pyridine rings is 1. The highest BCUT2D eigenvalue weighted by Gasteiger charge is 2.43. The van der Waals surface area contributed by atoms with Crippen LogP contribution in [0.2, 0.25) is 0 Å². The molecule has 8 nitrogen and oxygen atoms in total. The molecule has 3 unspecified atom stereocenters. The molecule has 0 aliphatic carbocycles. The fourth-order valence-corrected chi connectivity index (χ4v) is 3.36. The highest BCUT2D eigenvalue weighted by molar-refractivity contribution is 5.98. The summed E-state index contributed by atoms with van der Waals surface area (Å²) in [6.45, 7) is 1.32. The van der Waals surface area contributed by atoms with Gasteiger partial charge in [0.15, 0.2) is 0 Å². The Balaban J connectivity index is 1.36. The number of nitrogens with one attached hydrogen (secondary N) is 4. The first-order valence-electron chi connectivity index (χ1n) is 8.99. The second-order valence-electron chi connectivity index (χ2n) is 6.65. The quantitative estimate of drug-likeness (QED) is 0.609. The number of urea groups is 1. The van der Waals surface area contributed by atoms with Gasteiger partial charge in [0.25, 0.3) is 0 Å². The summed E-state index contributed by atoms with van der Waals surface area (Å²) in [6, 6.07) is 14.9. The van der Waals surface area contributed by atoms with Crippen LogP contribution < -0.4 is 21.3 Å². The molecule has 8 heteroatoms. The van der Waals surface area contributed by atoms with E-state index in [1.54, 1.807) is 6.20 Å². The predicted molar refractivity (Wildman–Crippen MR) is 98.8 cm³/mol. The number of carbonyl (C=O) groups excluding carboxylic acids is 2. The summed E-state index contributed by atoms with van der Waals surface area (Å²) in [5.74, 6) is -0.518. The highest BCUT2D eigenvalue weighted by atomic mass is 16.2. The Bertz CT molecular complexity index is 800. The molecule has 0 spiro atoms. The summed E-state index contributed by atoms with van der Waals surface area (Å²) in [7, 11) is 0. The summed E-state index contributed by atoms with van der Waals surface area (Å²) in [5, 5.41) is 12.7. The van der Waals surface area contributed by atoms with Gasteiger partial charge in [-0.2, -0.15) is 0 Å². The molecular formula is C19H22N6O2. The first-order chi connectivity index (χ1) is 13.2. The normalized spacial score (nSPS) is 25.0. The van der Waals surface area contributed by atoms with Crippen molar-refractivity contribution in [1.29, 1.82) is 0 Å². The minimum absolute atomic E-state index is 0.171. The molecular weight excluding hydrogens is 344 g/mol. The lowest BCUT2D eigenvalue weighted by Gasteiger charge is -2.43. The topological polar surface area (TPSA) is 98.4 Å². The van der Waals surface area contributed by atoms with E-state index < -0.39 is 6.17 Å². The molecule has 140 valence electrons. The standard InChI is InChI=1S/C19H22N6O2/c26-17-15-11-22-18(21-10-14-8-4-5-9-20-14)23-16(15)24-19(27)25(17)12-13-6-2-1-3-7-13/h1-9,15-16,18,21-23H,10-12H2,(H,24,27). The molecule has 2 aromatic rings. The number of aromatic nitrogens is 1. The van der Waals surface area contributed by atoms with E-state index in [4.69, 9.17) is 0 Å². The van der Waals surface area contributed by atoms with Gasteiger partial charge in [-0.3, -0.25) is 30.6 Å². The number of nitrogens with zero attached hydrogens (tertiary/aromatic N) is 2. The van der Waals surface area contributed by atoms with Gasteiger partial charge < -0.3 is 5.32 Å². The van der Waals surface area contributed by atoms with Gasteiger partial charge >= 0.3 is 6.03 Å². The lowest BCUT2D eigenvalue weighted by molar-refractivity contribution is -0.137. The number of hydrogen-bond acceptors (Lipinski definition) is 6. The second kappa shape index (κ2) is 7.83. The smallest absolute Gasteiger partial charge is 0.321 e. The zero-order valence-corrected chi connectivity index (χ0v) is 14.8. The summed E-state index contributed by atoms with van der Waals surface area (Å²) in [6.07, 6.45) is 1.12. The molecule has 4 rings (SSSR count). The number of fused-ring (bicyclic) bond motifs is 1. The zero-order valence-electron chi connectivity index (χ0n) is 14.8. The first-order valence-corrected chi connectivity index (χ1v) is 8.99. The summed E-state index contributed by atoms with van der Waals surface area (Å²) in [5.41, 5.74) is 1.84. The van der Waals surface area contributed by atoms with Gasteiger partial charge in [0.2, 0.25) is 5.91 Å². The predicted octanol–water partition coefficient (Wildman–Crippen LogP) is 0.342. The van der Waals surface area contributed by atoms with E-state index in [1.807, 2.05) is 48.5 Å². The number of benzene rings is 1. The van der Waals surface area contributed by atoms with Crippen molar-refractivity contribution >= 4 is 11.9 Å². The maximum atomic E-state index is 12.8. The molecule has 1 aromatic heterocycles.